The fraction of sp³-hybridized carbons (Fsp3) is 0.609. The number of hydrogen-bond donors (Lipinski definition) is 0. The quantitative estimate of drug-likeness (QED) is 0.718. The molecule has 2 aliphatic heterocycles. The van der Waals surface area contributed by atoms with Gasteiger partial charge in [-0.2, -0.15) is 5.26 Å². The van der Waals surface area contributed by atoms with Gasteiger partial charge in [-0.15, -0.1) is 0 Å². The Morgan fingerprint density at radius 1 is 1.37 bits per heavy atom. The first-order valence-corrected chi connectivity index (χ1v) is 10.4. The smallest absolute Gasteiger partial charge is 0.166 e. The molecule has 5 aliphatic rings. The second kappa shape index (κ2) is 5.29. The summed E-state index contributed by atoms with van der Waals surface area (Å²) in [5.41, 5.74) is 4.39. The zero-order valence-electron chi connectivity index (χ0n) is 16.1. The van der Waals surface area contributed by atoms with E-state index in [2.05, 4.69) is 36.2 Å². The highest BCUT2D eigenvalue weighted by Crippen LogP contribution is 2.66. The number of likely N-dealkylation sites (tertiary alicyclic amines) is 1. The fourth-order valence-electron chi connectivity index (χ4n) is 7.22. The van der Waals surface area contributed by atoms with Crippen LogP contribution >= 0.6 is 0 Å². The van der Waals surface area contributed by atoms with E-state index in [1.165, 1.54) is 16.7 Å². The van der Waals surface area contributed by atoms with Crippen molar-refractivity contribution in [2.75, 3.05) is 20.7 Å². The lowest BCUT2D eigenvalue weighted by Gasteiger charge is -2.60. The summed E-state index contributed by atoms with van der Waals surface area (Å²) in [6.07, 6.45) is 7.88. The molecule has 0 radical (unpaired) electrons. The van der Waals surface area contributed by atoms with Gasteiger partial charge in [-0.05, 0) is 74.7 Å². The molecule has 140 valence electrons. The molecule has 1 aromatic rings. The van der Waals surface area contributed by atoms with Crippen molar-refractivity contribution in [1.82, 2.24) is 4.90 Å². The zero-order valence-corrected chi connectivity index (χ0v) is 16.1. The Labute approximate surface area is 160 Å². The molecule has 0 unspecified atom stereocenters. The van der Waals surface area contributed by atoms with E-state index in [-0.39, 0.29) is 17.4 Å². The predicted octanol–water partition coefficient (Wildman–Crippen LogP) is 3.45. The molecule has 2 heterocycles. The maximum atomic E-state index is 9.80. The van der Waals surface area contributed by atoms with Crippen LogP contribution in [-0.4, -0.2) is 37.7 Å². The van der Waals surface area contributed by atoms with Crippen LogP contribution < -0.4 is 9.47 Å². The highest BCUT2D eigenvalue weighted by molar-refractivity contribution is 5.63. The van der Waals surface area contributed by atoms with Crippen molar-refractivity contribution in [3.8, 4) is 17.6 Å². The normalized spacial score (nSPS) is 40.9. The molecule has 1 spiro atoms. The fourth-order valence-corrected chi connectivity index (χ4v) is 7.22. The zero-order chi connectivity index (χ0) is 18.3. The van der Waals surface area contributed by atoms with Gasteiger partial charge < -0.3 is 14.4 Å². The van der Waals surface area contributed by atoms with Crippen molar-refractivity contribution in [2.45, 2.75) is 49.7 Å². The Morgan fingerprint density at radius 3 is 3.07 bits per heavy atom. The van der Waals surface area contributed by atoms with E-state index >= 15 is 0 Å². The van der Waals surface area contributed by atoms with Crippen molar-refractivity contribution < 1.29 is 9.47 Å². The van der Waals surface area contributed by atoms with Crippen molar-refractivity contribution in [2.24, 2.45) is 17.8 Å². The first-order chi connectivity index (χ1) is 13.2. The van der Waals surface area contributed by atoms with Crippen LogP contribution in [0.25, 0.3) is 0 Å². The van der Waals surface area contributed by atoms with Crippen LogP contribution in [-0.2, 0) is 11.8 Å². The first-order valence-electron chi connectivity index (χ1n) is 10.4. The number of allylic oxidation sites excluding steroid dienone is 1. The van der Waals surface area contributed by atoms with Gasteiger partial charge in [0.15, 0.2) is 11.5 Å². The highest BCUT2D eigenvalue weighted by Gasteiger charge is 2.66. The monoisotopic (exact) mass is 362 g/mol. The molecule has 1 aromatic carbocycles. The number of piperidine rings is 1. The Hall–Kier alpha value is -1.99. The predicted molar refractivity (Wildman–Crippen MR) is 102 cm³/mol. The summed E-state index contributed by atoms with van der Waals surface area (Å²) in [5.74, 6) is 2.94. The minimum atomic E-state index is 0.0777. The summed E-state index contributed by atoms with van der Waals surface area (Å²) in [4.78, 5) is 2.57. The van der Waals surface area contributed by atoms with E-state index in [4.69, 9.17) is 9.47 Å². The second-order valence-corrected chi connectivity index (χ2v) is 9.14. The van der Waals surface area contributed by atoms with Gasteiger partial charge in [0.05, 0.1) is 19.1 Å². The van der Waals surface area contributed by atoms with Crippen LogP contribution in [0, 0.1) is 29.1 Å². The molecule has 6 rings (SSSR count). The minimum absolute atomic E-state index is 0.0777. The molecule has 4 nitrogen and oxygen atoms in total. The molecular weight excluding hydrogens is 336 g/mol. The molecule has 1 saturated carbocycles. The first kappa shape index (κ1) is 16.0. The van der Waals surface area contributed by atoms with E-state index < -0.39 is 0 Å². The summed E-state index contributed by atoms with van der Waals surface area (Å²) in [7, 11) is 4.03. The third-order valence-corrected chi connectivity index (χ3v) is 8.34. The third-order valence-electron chi connectivity index (χ3n) is 8.34. The lowest BCUT2D eigenvalue weighted by molar-refractivity contribution is -0.0403. The Morgan fingerprint density at radius 2 is 2.26 bits per heavy atom. The Bertz CT molecular complexity index is 900. The number of benzene rings is 1. The van der Waals surface area contributed by atoms with E-state index in [1.54, 1.807) is 7.11 Å². The molecular formula is C23H26N2O2. The van der Waals surface area contributed by atoms with Gasteiger partial charge in [-0.25, -0.2) is 0 Å². The number of ether oxygens (including phenoxy) is 2. The Kier molecular flexibility index (Phi) is 3.14. The maximum Gasteiger partial charge on any atom is 0.166 e. The molecule has 2 fully saturated rings. The number of nitrogens with zero attached hydrogens (tertiary/aromatic N) is 2. The summed E-state index contributed by atoms with van der Waals surface area (Å²) in [5, 5.41) is 9.80. The molecule has 4 heteroatoms. The standard InChI is InChI=1S/C23H26N2O2/c1-25-9-8-23-17-11-16-14(12-24)4-3-5-15(16)22(23)27-21-19(26-2)7-6-13(20(21)23)10-18(17)25/h5-7,14,16-18,22H,3-4,8-11H2,1-2H3/t14-,16+,17+,18-,22+,23+/m1/s1. The van der Waals surface area contributed by atoms with Gasteiger partial charge in [0.25, 0.3) is 0 Å². The van der Waals surface area contributed by atoms with Crippen molar-refractivity contribution in [1.29, 1.82) is 5.26 Å². The lowest BCUT2D eigenvalue weighted by atomic mass is 9.48. The molecule has 27 heavy (non-hydrogen) atoms. The van der Waals surface area contributed by atoms with Crippen LogP contribution in [0.5, 0.6) is 11.5 Å². The van der Waals surface area contributed by atoms with Crippen LogP contribution in [0.4, 0.5) is 0 Å². The molecule has 2 bridgehead atoms. The van der Waals surface area contributed by atoms with Gasteiger partial charge in [0.2, 0.25) is 0 Å². The number of methoxy groups -OCH3 is 1. The summed E-state index contributed by atoms with van der Waals surface area (Å²) >= 11 is 0. The molecule has 0 amide bonds. The van der Waals surface area contributed by atoms with Crippen molar-refractivity contribution >= 4 is 0 Å². The summed E-state index contributed by atoms with van der Waals surface area (Å²) in [6.45, 7) is 1.12. The third kappa shape index (κ3) is 1.77. The van der Waals surface area contributed by atoms with Gasteiger partial charge in [-0.3, -0.25) is 0 Å². The SMILES string of the molecule is COc1ccc2c3c1O[C@H]1C4=CCC[C@H](C#N)[C@@H]4C[C@H]4[C@@H](C2)N(C)CC[C@]314. The molecule has 0 aromatic heterocycles. The molecule has 6 atom stereocenters. The summed E-state index contributed by atoms with van der Waals surface area (Å²) < 4.78 is 12.5. The number of hydrogen-bond acceptors (Lipinski definition) is 4. The van der Waals surface area contributed by atoms with Crippen molar-refractivity contribution in [3.63, 3.8) is 0 Å². The number of fused-ring (bicyclic) bond motifs is 2. The second-order valence-electron chi connectivity index (χ2n) is 9.14. The van der Waals surface area contributed by atoms with E-state index in [0.717, 1.165) is 50.1 Å². The molecule has 0 N–H and O–H groups in total. The average Bonchev–Trinajstić information content (AvgIpc) is 3.04. The number of rotatable bonds is 1. The summed E-state index contributed by atoms with van der Waals surface area (Å²) in [6, 6.07) is 7.54. The van der Waals surface area contributed by atoms with Gasteiger partial charge in [0.1, 0.15) is 6.10 Å². The van der Waals surface area contributed by atoms with E-state index in [1.807, 2.05) is 0 Å². The van der Waals surface area contributed by atoms with Crippen LogP contribution in [0.15, 0.2) is 23.8 Å². The van der Waals surface area contributed by atoms with Crippen LogP contribution in [0.2, 0.25) is 0 Å². The van der Waals surface area contributed by atoms with Gasteiger partial charge in [-0.1, -0.05) is 12.1 Å². The van der Waals surface area contributed by atoms with Crippen molar-refractivity contribution in [3.05, 3.63) is 34.9 Å². The molecule has 1 saturated heterocycles. The number of nitriles is 1. The topological polar surface area (TPSA) is 45.5 Å². The van der Waals surface area contributed by atoms with E-state index in [0.29, 0.717) is 17.9 Å². The minimum Gasteiger partial charge on any atom is -0.493 e. The van der Waals surface area contributed by atoms with Crippen LogP contribution in [0.1, 0.15) is 36.8 Å². The largest absolute Gasteiger partial charge is 0.493 e. The van der Waals surface area contributed by atoms with Gasteiger partial charge in [0, 0.05) is 17.0 Å². The Balaban J connectivity index is 1.61. The van der Waals surface area contributed by atoms with Crippen LogP contribution in [0.3, 0.4) is 0 Å². The molecule has 3 aliphatic carbocycles. The van der Waals surface area contributed by atoms with Gasteiger partial charge >= 0.3 is 0 Å². The lowest BCUT2D eigenvalue weighted by Crippen LogP contribution is -2.65. The maximum absolute atomic E-state index is 9.80. The average molecular weight is 362 g/mol. The highest BCUT2D eigenvalue weighted by atomic mass is 16.5. The number of likely N-dealkylation sites (N-methyl/N-ethyl adjacent to an activating group) is 1. The van der Waals surface area contributed by atoms with E-state index in [9.17, 15) is 5.26 Å².